The Morgan fingerprint density at radius 3 is 2.09 bits per heavy atom. The molecule has 0 unspecified atom stereocenters. The molecule has 0 atom stereocenters. The Kier molecular flexibility index (Phi) is 14.3. The van der Waals surface area contributed by atoms with Crippen molar-refractivity contribution in [2.45, 2.75) is 66.9 Å². The Bertz CT molecular complexity index is 1410. The van der Waals surface area contributed by atoms with Crippen LogP contribution in [0.5, 0.6) is 5.75 Å². The number of anilines is 1. The summed E-state index contributed by atoms with van der Waals surface area (Å²) in [5, 5.41) is 17.0. The molecule has 0 radical (unpaired) electrons. The zero-order chi connectivity index (χ0) is 32.0. The summed E-state index contributed by atoms with van der Waals surface area (Å²) in [5.74, 6) is 1.32. The number of ether oxygens (including phenoxy) is 1. The summed E-state index contributed by atoms with van der Waals surface area (Å²) in [5.41, 5.74) is 2.70. The molecular weight excluding hydrogens is 606 g/mol. The number of carbonyl (C=O) groups is 2. The van der Waals surface area contributed by atoms with E-state index < -0.39 is 5.60 Å². The molecule has 0 aliphatic heterocycles. The van der Waals surface area contributed by atoms with Gasteiger partial charge in [-0.3, -0.25) is 4.79 Å². The second-order valence-corrected chi connectivity index (χ2v) is 11.7. The minimum absolute atomic E-state index is 0.101. The highest BCUT2D eigenvalue weighted by atomic mass is 79.9. The number of carbonyl (C=O) groups excluding carboxylic acids is 2. The van der Waals surface area contributed by atoms with Crippen LogP contribution in [0.3, 0.4) is 0 Å². The average molecular weight is 651 g/mol. The average Bonchev–Trinajstić information content (AvgIpc) is 3.45. The van der Waals surface area contributed by atoms with Gasteiger partial charge < -0.3 is 20.0 Å². The first-order valence-corrected chi connectivity index (χ1v) is 15.4. The van der Waals surface area contributed by atoms with Crippen LogP contribution in [-0.2, 0) is 4.79 Å². The molecule has 4 rings (SSSR count). The Balaban J connectivity index is 0.000000561. The summed E-state index contributed by atoms with van der Waals surface area (Å²) in [7, 11) is 0. The predicted octanol–water partition coefficient (Wildman–Crippen LogP) is 8.74. The van der Waals surface area contributed by atoms with Crippen LogP contribution in [0, 0.1) is 5.92 Å². The Labute approximate surface area is 264 Å². The molecule has 0 fully saturated rings. The lowest BCUT2D eigenvalue weighted by Crippen LogP contribution is -2.32. The van der Waals surface area contributed by atoms with Crippen molar-refractivity contribution in [3.05, 3.63) is 95.1 Å². The quantitative estimate of drug-likeness (QED) is 0.179. The van der Waals surface area contributed by atoms with E-state index in [4.69, 9.17) is 9.84 Å². The van der Waals surface area contributed by atoms with Gasteiger partial charge in [0.25, 0.3) is 5.91 Å². The first-order valence-electron chi connectivity index (χ1n) is 14.6. The minimum atomic E-state index is -0.684. The SMILES string of the molecule is CC.CC(=O)CCC(C)C.CC(C)(CO)Oc1ccc(NC(=O)c2cn(-c3ccccc3)nc2-c2ccc(Br)cc2)cc1. The lowest BCUT2D eigenvalue weighted by atomic mass is 10.1. The van der Waals surface area contributed by atoms with Crippen molar-refractivity contribution < 1.29 is 19.4 Å². The zero-order valence-electron chi connectivity index (χ0n) is 26.2. The highest BCUT2D eigenvalue weighted by Gasteiger charge is 2.20. The third kappa shape index (κ3) is 11.8. The number of nitrogens with one attached hydrogen (secondary N) is 1. The highest BCUT2D eigenvalue weighted by molar-refractivity contribution is 9.10. The molecule has 8 heteroatoms. The van der Waals surface area contributed by atoms with Gasteiger partial charge in [-0.05, 0) is 81.6 Å². The van der Waals surface area contributed by atoms with E-state index in [0.29, 0.717) is 34.4 Å². The number of ketones is 1. The maximum Gasteiger partial charge on any atom is 0.259 e. The molecule has 0 spiro atoms. The van der Waals surface area contributed by atoms with Crippen molar-refractivity contribution in [1.82, 2.24) is 9.78 Å². The Morgan fingerprint density at radius 2 is 1.58 bits per heavy atom. The molecule has 0 bridgehead atoms. The maximum atomic E-state index is 13.2. The van der Waals surface area contributed by atoms with Gasteiger partial charge in [-0.25, -0.2) is 4.68 Å². The molecule has 3 aromatic carbocycles. The monoisotopic (exact) mass is 649 g/mol. The van der Waals surface area contributed by atoms with Crippen LogP contribution in [0.15, 0.2) is 89.5 Å². The number of para-hydroxylation sites is 1. The summed E-state index contributed by atoms with van der Waals surface area (Å²) < 4.78 is 8.41. The summed E-state index contributed by atoms with van der Waals surface area (Å²) in [4.78, 5) is 23.6. The van der Waals surface area contributed by atoms with Crippen LogP contribution in [0.1, 0.15) is 71.7 Å². The number of Topliss-reactive ketones (excluding diaryl/α,β-unsaturated/α-hetero) is 1. The number of hydrogen-bond donors (Lipinski definition) is 2. The number of halogens is 1. The first-order chi connectivity index (χ1) is 20.5. The number of nitrogens with zero attached hydrogens (tertiary/aromatic N) is 2. The standard InChI is InChI=1S/C26H24BrN3O3.C7H14O.C2H6/c1-26(2,17-31)33-22-14-12-20(13-15-22)28-25(32)23-16-30(21-6-4-3-5-7-21)29-24(23)18-8-10-19(27)11-9-18;1-6(2)4-5-7(3)8;1-2/h3-16,31H,17H2,1-2H3,(H,28,32);6H,4-5H2,1-3H3;1-2H3. The van der Waals surface area contributed by atoms with Crippen molar-refractivity contribution in [3.63, 3.8) is 0 Å². The lowest BCUT2D eigenvalue weighted by molar-refractivity contribution is -0.117. The van der Waals surface area contributed by atoms with Crippen LogP contribution in [0.2, 0.25) is 0 Å². The van der Waals surface area contributed by atoms with E-state index in [9.17, 15) is 14.7 Å². The fourth-order valence-corrected chi connectivity index (χ4v) is 3.99. The van der Waals surface area contributed by atoms with Crippen molar-refractivity contribution >= 4 is 33.3 Å². The van der Waals surface area contributed by atoms with Gasteiger partial charge in [0.05, 0.1) is 17.9 Å². The van der Waals surface area contributed by atoms with Crippen LogP contribution >= 0.6 is 15.9 Å². The van der Waals surface area contributed by atoms with E-state index in [1.165, 1.54) is 0 Å². The van der Waals surface area contributed by atoms with E-state index in [1.807, 2.05) is 68.4 Å². The second kappa shape index (κ2) is 17.4. The van der Waals surface area contributed by atoms with E-state index in [-0.39, 0.29) is 12.5 Å². The summed E-state index contributed by atoms with van der Waals surface area (Å²) in [6, 6.07) is 24.4. The summed E-state index contributed by atoms with van der Waals surface area (Å²) >= 11 is 3.45. The van der Waals surface area contributed by atoms with Gasteiger partial charge in [-0.15, -0.1) is 0 Å². The largest absolute Gasteiger partial charge is 0.485 e. The number of rotatable bonds is 10. The number of aliphatic hydroxyl groups is 1. The summed E-state index contributed by atoms with van der Waals surface area (Å²) in [6.07, 6.45) is 3.52. The molecule has 7 nitrogen and oxygen atoms in total. The molecular formula is C35H44BrN3O4. The van der Waals surface area contributed by atoms with Gasteiger partial charge in [0.2, 0.25) is 0 Å². The summed E-state index contributed by atoms with van der Waals surface area (Å²) in [6.45, 7) is 13.4. The molecule has 4 aromatic rings. The molecule has 0 saturated heterocycles. The van der Waals surface area contributed by atoms with E-state index >= 15 is 0 Å². The molecule has 2 N–H and O–H groups in total. The van der Waals surface area contributed by atoms with Gasteiger partial charge in [0, 0.05) is 28.3 Å². The third-order valence-corrected chi connectivity index (χ3v) is 6.59. The van der Waals surface area contributed by atoms with Crippen LogP contribution in [0.4, 0.5) is 5.69 Å². The molecule has 0 aliphatic carbocycles. The van der Waals surface area contributed by atoms with Crippen molar-refractivity contribution in [2.24, 2.45) is 5.92 Å². The van der Waals surface area contributed by atoms with Gasteiger partial charge in [0.15, 0.2) is 0 Å². The van der Waals surface area contributed by atoms with Crippen molar-refractivity contribution in [2.75, 3.05) is 11.9 Å². The van der Waals surface area contributed by atoms with Crippen LogP contribution in [0.25, 0.3) is 16.9 Å². The van der Waals surface area contributed by atoms with Gasteiger partial charge in [0.1, 0.15) is 22.8 Å². The zero-order valence-corrected chi connectivity index (χ0v) is 27.8. The first kappa shape index (κ1) is 35.4. The number of amides is 1. The van der Waals surface area contributed by atoms with E-state index in [2.05, 4.69) is 35.1 Å². The second-order valence-electron chi connectivity index (χ2n) is 10.8. The topological polar surface area (TPSA) is 93.5 Å². The molecule has 1 amide bonds. The van der Waals surface area contributed by atoms with Gasteiger partial charge in [-0.2, -0.15) is 5.10 Å². The molecule has 0 aliphatic rings. The highest BCUT2D eigenvalue weighted by Crippen LogP contribution is 2.27. The molecule has 0 saturated carbocycles. The molecule has 1 heterocycles. The number of hydrogen-bond acceptors (Lipinski definition) is 5. The fourth-order valence-electron chi connectivity index (χ4n) is 3.72. The maximum absolute atomic E-state index is 13.2. The smallest absolute Gasteiger partial charge is 0.259 e. The fraction of sp³-hybridized carbons (Fsp3) is 0.343. The lowest BCUT2D eigenvalue weighted by Gasteiger charge is -2.23. The van der Waals surface area contributed by atoms with E-state index in [1.54, 1.807) is 55.9 Å². The predicted molar refractivity (Wildman–Crippen MR) is 179 cm³/mol. The number of benzene rings is 3. The molecule has 230 valence electrons. The van der Waals surface area contributed by atoms with Crippen molar-refractivity contribution in [3.8, 4) is 22.7 Å². The normalized spacial score (nSPS) is 10.7. The van der Waals surface area contributed by atoms with Gasteiger partial charge in [-0.1, -0.05) is 74.0 Å². The Hall–Kier alpha value is -3.75. The van der Waals surface area contributed by atoms with Crippen LogP contribution < -0.4 is 10.1 Å². The van der Waals surface area contributed by atoms with Crippen LogP contribution in [-0.4, -0.2) is 38.8 Å². The van der Waals surface area contributed by atoms with E-state index in [0.717, 1.165) is 28.6 Å². The molecule has 43 heavy (non-hydrogen) atoms. The number of aliphatic hydroxyl groups excluding tert-OH is 1. The van der Waals surface area contributed by atoms with Crippen molar-refractivity contribution in [1.29, 1.82) is 0 Å². The van der Waals surface area contributed by atoms with Gasteiger partial charge >= 0.3 is 0 Å². The minimum Gasteiger partial charge on any atom is -0.485 e. The Morgan fingerprint density at radius 1 is 0.977 bits per heavy atom. The molecule has 1 aromatic heterocycles. The third-order valence-electron chi connectivity index (χ3n) is 6.06. The number of aromatic nitrogens is 2.